The molecule has 1 N–H and O–H groups in total. The molecule has 104 valence electrons. The van der Waals surface area contributed by atoms with E-state index in [-0.39, 0.29) is 23.7 Å². The van der Waals surface area contributed by atoms with Crippen molar-refractivity contribution in [1.82, 2.24) is 0 Å². The van der Waals surface area contributed by atoms with E-state index in [9.17, 15) is 14.7 Å². The second kappa shape index (κ2) is 5.61. The van der Waals surface area contributed by atoms with E-state index >= 15 is 0 Å². The van der Waals surface area contributed by atoms with E-state index in [0.717, 1.165) is 5.39 Å². The predicted octanol–water partition coefficient (Wildman–Crippen LogP) is 2.30. The van der Waals surface area contributed by atoms with Crippen LogP contribution in [0.3, 0.4) is 0 Å². The van der Waals surface area contributed by atoms with Crippen molar-refractivity contribution >= 4 is 22.5 Å². The van der Waals surface area contributed by atoms with Gasteiger partial charge in [-0.1, -0.05) is 12.1 Å². The van der Waals surface area contributed by atoms with Crippen LogP contribution in [0.15, 0.2) is 30.3 Å². The summed E-state index contributed by atoms with van der Waals surface area (Å²) in [4.78, 5) is 22.4. The molecule has 0 aliphatic carbocycles. The standard InChI is InChI=1S/C15H14O5/c1-9(16)12-6-4-10-3-5-11(7-13(10)15(12)18)20-8-14(17)19-2/h3-7,18H,8H2,1-2H3. The molecular weight excluding hydrogens is 260 g/mol. The lowest BCUT2D eigenvalue weighted by Crippen LogP contribution is -2.12. The van der Waals surface area contributed by atoms with Crippen LogP contribution in [0.4, 0.5) is 0 Å². The molecule has 0 saturated carbocycles. The Hall–Kier alpha value is -2.56. The fourth-order valence-electron chi connectivity index (χ4n) is 1.86. The summed E-state index contributed by atoms with van der Waals surface area (Å²) in [5, 5.41) is 11.4. The molecule has 2 aromatic rings. The van der Waals surface area contributed by atoms with Crippen molar-refractivity contribution in [2.75, 3.05) is 13.7 Å². The lowest BCUT2D eigenvalue weighted by atomic mass is 10.0. The van der Waals surface area contributed by atoms with Crippen molar-refractivity contribution in [1.29, 1.82) is 0 Å². The first kappa shape index (κ1) is 13.9. The Morgan fingerprint density at radius 1 is 1.20 bits per heavy atom. The zero-order valence-electron chi connectivity index (χ0n) is 11.2. The number of hydrogen-bond acceptors (Lipinski definition) is 5. The number of phenolic OH excluding ortho intramolecular Hbond substituents is 1. The molecule has 5 heteroatoms. The molecule has 0 radical (unpaired) electrons. The number of carbonyl (C=O) groups is 2. The van der Waals surface area contributed by atoms with Gasteiger partial charge in [0.1, 0.15) is 11.5 Å². The third kappa shape index (κ3) is 2.71. The van der Waals surface area contributed by atoms with Crippen molar-refractivity contribution in [3.63, 3.8) is 0 Å². The van der Waals surface area contributed by atoms with E-state index in [0.29, 0.717) is 11.1 Å². The molecule has 0 fully saturated rings. The van der Waals surface area contributed by atoms with Gasteiger partial charge in [0.05, 0.1) is 12.7 Å². The van der Waals surface area contributed by atoms with Crippen molar-refractivity contribution in [2.24, 2.45) is 0 Å². The molecule has 2 rings (SSSR count). The average molecular weight is 274 g/mol. The van der Waals surface area contributed by atoms with Crippen LogP contribution in [-0.4, -0.2) is 30.6 Å². The summed E-state index contributed by atoms with van der Waals surface area (Å²) in [5.41, 5.74) is 0.252. The second-order valence-corrected chi connectivity index (χ2v) is 4.27. The number of aromatic hydroxyl groups is 1. The van der Waals surface area contributed by atoms with Crippen LogP contribution in [0, 0.1) is 0 Å². The number of Topliss-reactive ketones (excluding diaryl/α,β-unsaturated/α-hetero) is 1. The zero-order chi connectivity index (χ0) is 14.7. The number of esters is 1. The predicted molar refractivity (Wildman–Crippen MR) is 73.1 cm³/mol. The Morgan fingerprint density at radius 3 is 2.55 bits per heavy atom. The lowest BCUT2D eigenvalue weighted by Gasteiger charge is -2.09. The minimum atomic E-state index is -0.494. The minimum Gasteiger partial charge on any atom is -0.507 e. The highest BCUT2D eigenvalue weighted by Crippen LogP contribution is 2.31. The van der Waals surface area contributed by atoms with Crippen LogP contribution >= 0.6 is 0 Å². The number of ether oxygens (including phenoxy) is 2. The third-order valence-corrected chi connectivity index (χ3v) is 2.93. The van der Waals surface area contributed by atoms with Gasteiger partial charge in [-0.15, -0.1) is 0 Å². The normalized spacial score (nSPS) is 10.3. The van der Waals surface area contributed by atoms with Gasteiger partial charge < -0.3 is 14.6 Å². The molecule has 5 nitrogen and oxygen atoms in total. The van der Waals surface area contributed by atoms with Gasteiger partial charge in [0.2, 0.25) is 0 Å². The molecule has 0 heterocycles. The van der Waals surface area contributed by atoms with Crippen LogP contribution in [0.1, 0.15) is 17.3 Å². The maximum Gasteiger partial charge on any atom is 0.343 e. The maximum atomic E-state index is 11.4. The monoisotopic (exact) mass is 274 g/mol. The molecular formula is C15H14O5. The molecule has 0 aliphatic rings. The first-order valence-corrected chi connectivity index (χ1v) is 5.99. The van der Waals surface area contributed by atoms with Crippen molar-refractivity contribution in [2.45, 2.75) is 6.92 Å². The number of benzene rings is 2. The van der Waals surface area contributed by atoms with Gasteiger partial charge >= 0.3 is 5.97 Å². The molecule has 0 amide bonds. The van der Waals surface area contributed by atoms with Crippen LogP contribution < -0.4 is 4.74 Å². The Kier molecular flexibility index (Phi) is 3.89. The summed E-state index contributed by atoms with van der Waals surface area (Å²) in [7, 11) is 1.27. The summed E-state index contributed by atoms with van der Waals surface area (Å²) < 4.78 is 9.73. The first-order valence-electron chi connectivity index (χ1n) is 5.99. The topological polar surface area (TPSA) is 72.8 Å². The van der Waals surface area contributed by atoms with E-state index in [1.807, 2.05) is 0 Å². The number of methoxy groups -OCH3 is 1. The molecule has 0 aromatic heterocycles. The van der Waals surface area contributed by atoms with Crippen molar-refractivity contribution in [3.8, 4) is 11.5 Å². The van der Waals surface area contributed by atoms with E-state index in [2.05, 4.69) is 4.74 Å². The van der Waals surface area contributed by atoms with E-state index in [1.165, 1.54) is 14.0 Å². The minimum absolute atomic E-state index is 0.0847. The molecule has 0 bridgehead atoms. The number of phenols is 1. The van der Waals surface area contributed by atoms with Gasteiger partial charge in [-0.25, -0.2) is 4.79 Å². The largest absolute Gasteiger partial charge is 0.507 e. The van der Waals surface area contributed by atoms with Gasteiger partial charge in [0, 0.05) is 5.39 Å². The van der Waals surface area contributed by atoms with E-state index < -0.39 is 5.97 Å². The summed E-state index contributed by atoms with van der Waals surface area (Å²) in [5.74, 6) is -0.380. The van der Waals surface area contributed by atoms with E-state index in [4.69, 9.17) is 4.74 Å². The van der Waals surface area contributed by atoms with Gasteiger partial charge in [0.25, 0.3) is 0 Å². The summed E-state index contributed by atoms with van der Waals surface area (Å²) >= 11 is 0. The summed E-state index contributed by atoms with van der Waals surface area (Å²) in [6.45, 7) is 1.17. The van der Waals surface area contributed by atoms with E-state index in [1.54, 1.807) is 30.3 Å². The van der Waals surface area contributed by atoms with Gasteiger partial charge in [0.15, 0.2) is 12.4 Å². The number of fused-ring (bicyclic) bond motifs is 1. The Bertz CT molecular complexity index is 675. The zero-order valence-corrected chi connectivity index (χ0v) is 11.2. The number of carbonyl (C=O) groups excluding carboxylic acids is 2. The highest BCUT2D eigenvalue weighted by molar-refractivity contribution is 6.03. The number of rotatable bonds is 4. The van der Waals surface area contributed by atoms with Gasteiger partial charge in [-0.3, -0.25) is 4.79 Å². The molecule has 20 heavy (non-hydrogen) atoms. The highest BCUT2D eigenvalue weighted by atomic mass is 16.6. The molecule has 0 unspecified atom stereocenters. The van der Waals surface area contributed by atoms with Crippen LogP contribution in [0.25, 0.3) is 10.8 Å². The Morgan fingerprint density at radius 2 is 1.90 bits per heavy atom. The quantitative estimate of drug-likeness (QED) is 0.684. The van der Waals surface area contributed by atoms with Crippen molar-refractivity contribution in [3.05, 3.63) is 35.9 Å². The second-order valence-electron chi connectivity index (χ2n) is 4.27. The van der Waals surface area contributed by atoms with Crippen molar-refractivity contribution < 1.29 is 24.2 Å². The summed E-state index contributed by atoms with van der Waals surface area (Å²) in [6, 6.07) is 8.33. The number of ketones is 1. The first-order chi connectivity index (χ1) is 9.52. The van der Waals surface area contributed by atoms with Gasteiger partial charge in [-0.05, 0) is 30.5 Å². The fraction of sp³-hybridized carbons (Fsp3) is 0.200. The Labute approximate surface area is 115 Å². The number of hydrogen-bond donors (Lipinski definition) is 1. The fourth-order valence-corrected chi connectivity index (χ4v) is 1.86. The molecule has 2 aromatic carbocycles. The maximum absolute atomic E-state index is 11.4. The van der Waals surface area contributed by atoms with Crippen LogP contribution in [-0.2, 0) is 9.53 Å². The van der Waals surface area contributed by atoms with Crippen LogP contribution in [0.5, 0.6) is 11.5 Å². The van der Waals surface area contributed by atoms with Gasteiger partial charge in [-0.2, -0.15) is 0 Å². The Balaban J connectivity index is 2.39. The highest BCUT2D eigenvalue weighted by Gasteiger charge is 2.11. The molecule has 0 aliphatic heterocycles. The smallest absolute Gasteiger partial charge is 0.343 e. The summed E-state index contributed by atoms with van der Waals surface area (Å²) in [6.07, 6.45) is 0. The third-order valence-electron chi connectivity index (χ3n) is 2.93. The average Bonchev–Trinajstić information content (AvgIpc) is 2.45. The molecule has 0 saturated heterocycles. The van der Waals surface area contributed by atoms with Crippen LogP contribution in [0.2, 0.25) is 0 Å². The SMILES string of the molecule is COC(=O)COc1ccc2ccc(C(C)=O)c(O)c2c1. The lowest BCUT2D eigenvalue weighted by molar-refractivity contribution is -0.142. The molecule has 0 atom stereocenters. The molecule has 0 spiro atoms.